The summed E-state index contributed by atoms with van der Waals surface area (Å²) >= 11 is 0. The highest BCUT2D eigenvalue weighted by atomic mass is 16.5. The van der Waals surface area contributed by atoms with Gasteiger partial charge in [-0.25, -0.2) is 0 Å². The number of aromatic nitrogens is 2. The average Bonchev–Trinajstić information content (AvgIpc) is 2.74. The van der Waals surface area contributed by atoms with Gasteiger partial charge in [-0.05, 0) is 55.8 Å². The fraction of sp³-hybridized carbons (Fsp3) is 0.227. The standard InChI is InChI=1S/C22H24N4O2/c1-3-26(16-17-8-6-5-7-9-17)22(27)20-14-15-21(25-24-20)23-18-10-12-19(13-11-18)28-4-2/h5-15H,3-4,16H2,1-2H3,(H,23,25). The molecule has 6 heteroatoms. The van der Waals surface area contributed by atoms with Crippen molar-refractivity contribution < 1.29 is 9.53 Å². The number of hydrogen-bond acceptors (Lipinski definition) is 5. The molecule has 0 saturated carbocycles. The van der Waals surface area contributed by atoms with Crippen molar-refractivity contribution >= 4 is 17.4 Å². The summed E-state index contributed by atoms with van der Waals surface area (Å²) in [7, 11) is 0. The summed E-state index contributed by atoms with van der Waals surface area (Å²) in [5, 5.41) is 11.4. The van der Waals surface area contributed by atoms with Crippen LogP contribution in [0.3, 0.4) is 0 Å². The van der Waals surface area contributed by atoms with Gasteiger partial charge in [-0.3, -0.25) is 4.79 Å². The van der Waals surface area contributed by atoms with Crippen LogP contribution in [0, 0.1) is 0 Å². The number of ether oxygens (including phenoxy) is 1. The summed E-state index contributed by atoms with van der Waals surface area (Å²) in [5.74, 6) is 1.26. The second kappa shape index (κ2) is 9.50. The largest absolute Gasteiger partial charge is 0.494 e. The summed E-state index contributed by atoms with van der Waals surface area (Å²) < 4.78 is 5.43. The molecule has 2 aromatic carbocycles. The molecule has 6 nitrogen and oxygen atoms in total. The van der Waals surface area contributed by atoms with Gasteiger partial charge in [-0.1, -0.05) is 30.3 Å². The summed E-state index contributed by atoms with van der Waals surface area (Å²) in [6.07, 6.45) is 0. The Morgan fingerprint density at radius 1 is 0.964 bits per heavy atom. The van der Waals surface area contributed by atoms with E-state index in [9.17, 15) is 4.79 Å². The molecule has 0 saturated heterocycles. The van der Waals surface area contributed by atoms with Crippen molar-refractivity contribution in [1.29, 1.82) is 0 Å². The van der Waals surface area contributed by atoms with Crippen molar-refractivity contribution in [1.82, 2.24) is 15.1 Å². The van der Waals surface area contributed by atoms with Crippen LogP contribution in [0.1, 0.15) is 29.9 Å². The van der Waals surface area contributed by atoms with Gasteiger partial charge in [-0.2, -0.15) is 0 Å². The maximum absolute atomic E-state index is 12.7. The van der Waals surface area contributed by atoms with Crippen LogP contribution in [0.15, 0.2) is 66.7 Å². The smallest absolute Gasteiger partial charge is 0.274 e. The highest BCUT2D eigenvalue weighted by Crippen LogP contribution is 2.19. The Morgan fingerprint density at radius 3 is 2.32 bits per heavy atom. The lowest BCUT2D eigenvalue weighted by Crippen LogP contribution is -2.31. The van der Waals surface area contributed by atoms with Crippen molar-refractivity contribution in [2.75, 3.05) is 18.5 Å². The lowest BCUT2D eigenvalue weighted by Gasteiger charge is -2.20. The van der Waals surface area contributed by atoms with E-state index in [4.69, 9.17) is 4.74 Å². The fourth-order valence-electron chi connectivity index (χ4n) is 2.76. The molecule has 0 aliphatic rings. The van der Waals surface area contributed by atoms with Crippen LogP contribution < -0.4 is 10.1 Å². The highest BCUT2D eigenvalue weighted by molar-refractivity contribution is 5.92. The predicted octanol–water partition coefficient (Wildman–Crippen LogP) is 4.28. The number of benzene rings is 2. The van der Waals surface area contributed by atoms with E-state index < -0.39 is 0 Å². The molecule has 144 valence electrons. The monoisotopic (exact) mass is 376 g/mol. The molecule has 3 aromatic rings. The molecule has 0 unspecified atom stereocenters. The van der Waals surface area contributed by atoms with Gasteiger partial charge in [0.25, 0.3) is 5.91 Å². The lowest BCUT2D eigenvalue weighted by atomic mass is 10.2. The molecule has 0 aliphatic heterocycles. The van der Waals surface area contributed by atoms with E-state index in [1.165, 1.54) is 0 Å². The molecule has 0 bridgehead atoms. The Labute approximate surface area is 165 Å². The Balaban J connectivity index is 1.64. The normalized spacial score (nSPS) is 10.4. The van der Waals surface area contributed by atoms with Crippen LogP contribution in [-0.2, 0) is 6.54 Å². The Bertz CT molecular complexity index is 881. The number of carbonyl (C=O) groups excluding carboxylic acids is 1. The van der Waals surface area contributed by atoms with Crippen LogP contribution in [-0.4, -0.2) is 34.2 Å². The van der Waals surface area contributed by atoms with Crippen LogP contribution >= 0.6 is 0 Å². The number of hydrogen-bond donors (Lipinski definition) is 1. The SMILES string of the molecule is CCOc1ccc(Nc2ccc(C(=O)N(CC)Cc3ccccc3)nn2)cc1. The molecule has 1 N–H and O–H groups in total. The number of rotatable bonds is 8. The summed E-state index contributed by atoms with van der Waals surface area (Å²) in [6.45, 7) is 5.68. The number of anilines is 2. The van der Waals surface area contributed by atoms with Gasteiger partial charge in [0.05, 0.1) is 6.61 Å². The topological polar surface area (TPSA) is 67.3 Å². The number of amides is 1. The van der Waals surface area contributed by atoms with Crippen molar-refractivity contribution in [3.63, 3.8) is 0 Å². The number of nitrogens with zero attached hydrogens (tertiary/aromatic N) is 3. The molecule has 1 heterocycles. The summed E-state index contributed by atoms with van der Waals surface area (Å²) in [4.78, 5) is 14.5. The van der Waals surface area contributed by atoms with E-state index in [-0.39, 0.29) is 5.91 Å². The second-order valence-electron chi connectivity index (χ2n) is 6.19. The molecule has 0 spiro atoms. The van der Waals surface area contributed by atoms with Crippen LogP contribution in [0.4, 0.5) is 11.5 Å². The molecule has 0 fully saturated rings. The van der Waals surface area contributed by atoms with Crippen molar-refractivity contribution in [2.45, 2.75) is 20.4 Å². The van der Waals surface area contributed by atoms with Crippen LogP contribution in [0.5, 0.6) is 5.75 Å². The van der Waals surface area contributed by atoms with Gasteiger partial charge in [0.2, 0.25) is 0 Å². The number of carbonyl (C=O) groups is 1. The van der Waals surface area contributed by atoms with Gasteiger partial charge in [-0.15, -0.1) is 10.2 Å². The first-order chi connectivity index (χ1) is 13.7. The average molecular weight is 376 g/mol. The van der Waals surface area contributed by atoms with E-state index in [0.717, 1.165) is 17.0 Å². The van der Waals surface area contributed by atoms with Crippen molar-refractivity contribution in [3.8, 4) is 5.75 Å². The third-order valence-electron chi connectivity index (χ3n) is 4.21. The van der Waals surface area contributed by atoms with Crippen molar-refractivity contribution in [3.05, 3.63) is 78.0 Å². The molecular formula is C22H24N4O2. The molecule has 0 aliphatic carbocycles. The third kappa shape index (κ3) is 5.07. The van der Waals surface area contributed by atoms with Crippen LogP contribution in [0.2, 0.25) is 0 Å². The van der Waals surface area contributed by atoms with Gasteiger partial charge in [0.1, 0.15) is 5.75 Å². The van der Waals surface area contributed by atoms with Crippen LogP contribution in [0.25, 0.3) is 0 Å². The Hall–Kier alpha value is -3.41. The third-order valence-corrected chi connectivity index (χ3v) is 4.21. The fourth-order valence-corrected chi connectivity index (χ4v) is 2.76. The maximum atomic E-state index is 12.7. The zero-order valence-electron chi connectivity index (χ0n) is 16.1. The van der Waals surface area contributed by atoms with E-state index in [2.05, 4.69) is 15.5 Å². The zero-order chi connectivity index (χ0) is 19.8. The molecular weight excluding hydrogens is 352 g/mol. The van der Waals surface area contributed by atoms with Gasteiger partial charge >= 0.3 is 0 Å². The highest BCUT2D eigenvalue weighted by Gasteiger charge is 2.16. The molecule has 1 amide bonds. The Kier molecular flexibility index (Phi) is 6.57. The first-order valence-electron chi connectivity index (χ1n) is 9.36. The first-order valence-corrected chi connectivity index (χ1v) is 9.36. The zero-order valence-corrected chi connectivity index (χ0v) is 16.1. The molecule has 3 rings (SSSR count). The lowest BCUT2D eigenvalue weighted by molar-refractivity contribution is 0.0745. The van der Waals surface area contributed by atoms with Gasteiger partial charge in [0.15, 0.2) is 11.5 Å². The van der Waals surface area contributed by atoms with Gasteiger partial charge < -0.3 is 15.0 Å². The minimum absolute atomic E-state index is 0.133. The maximum Gasteiger partial charge on any atom is 0.274 e. The first kappa shape index (κ1) is 19.4. The van der Waals surface area contributed by atoms with Gasteiger partial charge in [0, 0.05) is 18.8 Å². The van der Waals surface area contributed by atoms with E-state index in [0.29, 0.717) is 31.2 Å². The molecule has 28 heavy (non-hydrogen) atoms. The van der Waals surface area contributed by atoms with E-state index >= 15 is 0 Å². The summed E-state index contributed by atoms with van der Waals surface area (Å²) in [6, 6.07) is 20.9. The molecule has 0 radical (unpaired) electrons. The van der Waals surface area contributed by atoms with E-state index in [1.807, 2.05) is 68.4 Å². The minimum atomic E-state index is -0.133. The summed E-state index contributed by atoms with van der Waals surface area (Å²) in [5.41, 5.74) is 2.28. The molecule has 1 aromatic heterocycles. The molecule has 0 atom stereocenters. The Morgan fingerprint density at radius 2 is 1.71 bits per heavy atom. The second-order valence-corrected chi connectivity index (χ2v) is 6.19. The minimum Gasteiger partial charge on any atom is -0.494 e. The van der Waals surface area contributed by atoms with Crippen molar-refractivity contribution in [2.24, 2.45) is 0 Å². The van der Waals surface area contributed by atoms with E-state index in [1.54, 1.807) is 17.0 Å². The quantitative estimate of drug-likeness (QED) is 0.635. The number of nitrogens with one attached hydrogen (secondary N) is 1. The predicted molar refractivity (Wildman–Crippen MR) is 110 cm³/mol.